The second-order valence-corrected chi connectivity index (χ2v) is 7.45. The predicted molar refractivity (Wildman–Crippen MR) is 113 cm³/mol. The normalized spacial score (nSPS) is 19.0. The number of morpholine rings is 1. The van der Waals surface area contributed by atoms with Crippen molar-refractivity contribution in [3.05, 3.63) is 42.0 Å². The summed E-state index contributed by atoms with van der Waals surface area (Å²) in [5, 5.41) is 9.59. The van der Waals surface area contributed by atoms with Gasteiger partial charge in [-0.3, -0.25) is 0 Å². The second-order valence-electron chi connectivity index (χ2n) is 7.45. The van der Waals surface area contributed by atoms with Crippen molar-refractivity contribution in [1.82, 2.24) is 4.98 Å². The van der Waals surface area contributed by atoms with Crippen LogP contribution in [0.2, 0.25) is 0 Å². The van der Waals surface area contributed by atoms with Gasteiger partial charge in [0.25, 0.3) is 0 Å². The van der Waals surface area contributed by atoms with Gasteiger partial charge < -0.3 is 29.1 Å². The molecule has 0 spiro atoms. The molecule has 2 fully saturated rings. The second kappa shape index (κ2) is 9.21. The highest BCUT2D eigenvalue weighted by molar-refractivity contribution is 5.79. The molecule has 2 saturated heterocycles. The molecule has 2 aromatic rings. The quantitative estimate of drug-likeness (QED) is 0.742. The largest absolute Gasteiger partial charge is 0.497 e. The molecule has 160 valence electrons. The third-order valence-electron chi connectivity index (χ3n) is 5.53. The smallest absolute Gasteiger partial charge is 0.326 e. The molecule has 2 aliphatic rings. The first-order valence-corrected chi connectivity index (χ1v) is 10.2. The Morgan fingerprint density at radius 1 is 1.20 bits per heavy atom. The van der Waals surface area contributed by atoms with Crippen LogP contribution in [0.25, 0.3) is 0 Å². The van der Waals surface area contributed by atoms with Gasteiger partial charge in [0.05, 0.1) is 20.3 Å². The molecule has 0 radical (unpaired) electrons. The molecule has 30 heavy (non-hydrogen) atoms. The molecule has 0 bridgehead atoms. The third-order valence-corrected chi connectivity index (χ3v) is 5.53. The van der Waals surface area contributed by atoms with E-state index in [1.54, 1.807) is 7.11 Å². The Hall–Kier alpha value is -3.00. The molecule has 8 nitrogen and oxygen atoms in total. The Labute approximate surface area is 176 Å². The number of pyridine rings is 1. The van der Waals surface area contributed by atoms with E-state index in [9.17, 15) is 9.90 Å². The summed E-state index contributed by atoms with van der Waals surface area (Å²) in [7, 11) is 1.64. The number of nitrogens with zero attached hydrogens (tertiary/aromatic N) is 3. The van der Waals surface area contributed by atoms with Gasteiger partial charge in [0.2, 0.25) is 5.88 Å². The molecule has 1 aromatic carbocycles. The van der Waals surface area contributed by atoms with Crippen LogP contribution in [0.3, 0.4) is 0 Å². The Bertz CT molecular complexity index is 868. The van der Waals surface area contributed by atoms with E-state index in [1.807, 2.05) is 41.3 Å². The van der Waals surface area contributed by atoms with E-state index in [4.69, 9.17) is 14.2 Å². The van der Waals surface area contributed by atoms with Crippen LogP contribution in [0.15, 0.2) is 36.4 Å². The van der Waals surface area contributed by atoms with Gasteiger partial charge in [-0.05, 0) is 30.5 Å². The topological polar surface area (TPSA) is 84.4 Å². The van der Waals surface area contributed by atoms with Crippen molar-refractivity contribution in [2.24, 2.45) is 0 Å². The lowest BCUT2D eigenvalue weighted by Crippen LogP contribution is -2.38. The summed E-state index contributed by atoms with van der Waals surface area (Å²) in [6.45, 7) is 3.94. The molecule has 0 unspecified atom stereocenters. The van der Waals surface area contributed by atoms with Crippen molar-refractivity contribution in [2.75, 3.05) is 49.8 Å². The summed E-state index contributed by atoms with van der Waals surface area (Å²) in [4.78, 5) is 20.4. The van der Waals surface area contributed by atoms with Crippen LogP contribution in [0, 0.1) is 0 Å². The maximum Gasteiger partial charge on any atom is 0.326 e. The van der Waals surface area contributed by atoms with E-state index in [-0.39, 0.29) is 0 Å². The number of carbonyl (C=O) groups is 1. The van der Waals surface area contributed by atoms with Crippen molar-refractivity contribution in [3.8, 4) is 11.6 Å². The van der Waals surface area contributed by atoms with Crippen molar-refractivity contribution in [2.45, 2.75) is 25.5 Å². The molecule has 3 heterocycles. The van der Waals surface area contributed by atoms with Crippen molar-refractivity contribution in [3.63, 3.8) is 0 Å². The van der Waals surface area contributed by atoms with Gasteiger partial charge in [-0.25, -0.2) is 4.79 Å². The number of hydrogen-bond acceptors (Lipinski definition) is 7. The number of methoxy groups -OCH3 is 1. The van der Waals surface area contributed by atoms with Crippen LogP contribution in [0.4, 0.5) is 11.5 Å². The van der Waals surface area contributed by atoms with Crippen LogP contribution < -0.4 is 19.3 Å². The number of carboxylic acids is 1. The summed E-state index contributed by atoms with van der Waals surface area (Å²) in [5.41, 5.74) is 1.98. The van der Waals surface area contributed by atoms with Gasteiger partial charge in [-0.2, -0.15) is 4.98 Å². The highest BCUT2D eigenvalue weighted by Crippen LogP contribution is 2.31. The van der Waals surface area contributed by atoms with Crippen molar-refractivity contribution < 1.29 is 24.1 Å². The van der Waals surface area contributed by atoms with Gasteiger partial charge in [-0.15, -0.1) is 0 Å². The van der Waals surface area contributed by atoms with Crippen LogP contribution in [-0.4, -0.2) is 62.1 Å². The fraction of sp³-hybridized carbons (Fsp3) is 0.455. The van der Waals surface area contributed by atoms with Crippen LogP contribution in [-0.2, 0) is 16.1 Å². The van der Waals surface area contributed by atoms with E-state index in [0.717, 1.165) is 36.5 Å². The minimum absolute atomic E-state index is 0.366. The van der Waals surface area contributed by atoms with Crippen LogP contribution in [0.1, 0.15) is 18.4 Å². The molecule has 2 aliphatic heterocycles. The first-order valence-electron chi connectivity index (χ1n) is 10.2. The molecule has 1 aromatic heterocycles. The lowest BCUT2D eigenvalue weighted by molar-refractivity contribution is -0.138. The number of ether oxygens (including phenoxy) is 3. The van der Waals surface area contributed by atoms with Crippen molar-refractivity contribution in [1.29, 1.82) is 0 Å². The molecule has 0 saturated carbocycles. The van der Waals surface area contributed by atoms with Crippen LogP contribution in [0.5, 0.6) is 11.6 Å². The van der Waals surface area contributed by atoms with Crippen molar-refractivity contribution >= 4 is 17.5 Å². The highest BCUT2D eigenvalue weighted by atomic mass is 16.5. The summed E-state index contributed by atoms with van der Waals surface area (Å²) < 4.78 is 16.7. The standard InChI is InChI=1S/C22H27N3O5/c1-28-18-6-4-16(5-7-18)15-30-21-14-17(24-9-11-29-12-10-24)13-20(23-21)25-8-2-3-19(25)22(26)27/h4-7,13-14,19H,2-3,8-12,15H2,1H3,(H,26,27)/t19-/m0/s1. The maximum atomic E-state index is 11.7. The van der Waals surface area contributed by atoms with E-state index in [1.165, 1.54) is 0 Å². The Kier molecular flexibility index (Phi) is 6.23. The number of rotatable bonds is 7. The fourth-order valence-electron chi connectivity index (χ4n) is 3.88. The number of anilines is 2. The number of benzene rings is 1. The summed E-state index contributed by atoms with van der Waals surface area (Å²) in [6.07, 6.45) is 1.46. The van der Waals surface area contributed by atoms with Gasteiger partial charge in [0, 0.05) is 37.5 Å². The monoisotopic (exact) mass is 413 g/mol. The average Bonchev–Trinajstić information content (AvgIpc) is 3.29. The highest BCUT2D eigenvalue weighted by Gasteiger charge is 2.32. The zero-order valence-corrected chi connectivity index (χ0v) is 17.1. The molecule has 0 amide bonds. The number of carboxylic acid groups (broad SMARTS) is 1. The van der Waals surface area contributed by atoms with Gasteiger partial charge in [-0.1, -0.05) is 12.1 Å². The minimum atomic E-state index is -0.813. The zero-order chi connectivity index (χ0) is 20.9. The first-order chi connectivity index (χ1) is 14.6. The SMILES string of the molecule is COc1ccc(COc2cc(N3CCOCC3)cc(N3CCC[C@H]3C(=O)O)n2)cc1. The predicted octanol–water partition coefficient (Wildman–Crippen LogP) is 2.56. The van der Waals surface area contributed by atoms with Crippen LogP contribution >= 0.6 is 0 Å². The fourth-order valence-corrected chi connectivity index (χ4v) is 3.88. The minimum Gasteiger partial charge on any atom is -0.497 e. The van der Waals surface area contributed by atoms with E-state index < -0.39 is 12.0 Å². The third kappa shape index (κ3) is 4.59. The first kappa shape index (κ1) is 20.3. The average molecular weight is 413 g/mol. The van der Waals surface area contributed by atoms with E-state index in [2.05, 4.69) is 9.88 Å². The lowest BCUT2D eigenvalue weighted by Gasteiger charge is -2.30. The molecular weight excluding hydrogens is 386 g/mol. The maximum absolute atomic E-state index is 11.7. The zero-order valence-electron chi connectivity index (χ0n) is 17.1. The lowest BCUT2D eigenvalue weighted by atomic mass is 10.2. The molecule has 1 N–H and O–H groups in total. The van der Waals surface area contributed by atoms with Gasteiger partial charge in [0.15, 0.2) is 0 Å². The molecule has 4 rings (SSSR count). The Balaban J connectivity index is 1.58. The summed E-state index contributed by atoms with van der Waals surface area (Å²) in [6, 6.07) is 11.0. The number of aliphatic carboxylic acids is 1. The van der Waals surface area contributed by atoms with E-state index in [0.29, 0.717) is 44.5 Å². The molecule has 0 aliphatic carbocycles. The Morgan fingerprint density at radius 3 is 2.67 bits per heavy atom. The number of aromatic nitrogens is 1. The number of hydrogen-bond donors (Lipinski definition) is 1. The molecular formula is C22H27N3O5. The molecule has 8 heteroatoms. The summed E-state index contributed by atoms with van der Waals surface area (Å²) in [5.74, 6) is 1.11. The molecule has 1 atom stereocenters. The van der Waals surface area contributed by atoms with Gasteiger partial charge >= 0.3 is 5.97 Å². The van der Waals surface area contributed by atoms with E-state index >= 15 is 0 Å². The summed E-state index contributed by atoms with van der Waals surface area (Å²) >= 11 is 0. The Morgan fingerprint density at radius 2 is 1.97 bits per heavy atom. The van der Waals surface area contributed by atoms with Gasteiger partial charge in [0.1, 0.15) is 24.2 Å².